The molecule has 0 aliphatic carbocycles. The van der Waals surface area contributed by atoms with E-state index in [1.165, 1.54) is 12.1 Å². The summed E-state index contributed by atoms with van der Waals surface area (Å²) in [6, 6.07) is 4.32. The fourth-order valence-electron chi connectivity index (χ4n) is 2.22. The first-order valence-electron chi connectivity index (χ1n) is 5.41. The molecule has 0 saturated carbocycles. The van der Waals surface area contributed by atoms with Gasteiger partial charge in [-0.2, -0.15) is 0 Å². The third-order valence-electron chi connectivity index (χ3n) is 3.10. The predicted molar refractivity (Wildman–Crippen MR) is 59.1 cm³/mol. The van der Waals surface area contributed by atoms with Gasteiger partial charge >= 0.3 is 0 Å². The van der Waals surface area contributed by atoms with E-state index < -0.39 is 11.6 Å². The van der Waals surface area contributed by atoms with Gasteiger partial charge in [-0.1, -0.05) is 6.07 Å². The molecule has 1 N–H and O–H groups in total. The normalized spacial score (nSPS) is 18.6. The molecule has 1 saturated heterocycles. The van der Waals surface area contributed by atoms with Gasteiger partial charge in [0.2, 0.25) is 0 Å². The van der Waals surface area contributed by atoms with Gasteiger partial charge in [0, 0.05) is 25.0 Å². The number of benzene rings is 1. The highest BCUT2D eigenvalue weighted by molar-refractivity contribution is 5.23. The molecule has 0 amide bonds. The Morgan fingerprint density at radius 3 is 2.38 bits per heavy atom. The van der Waals surface area contributed by atoms with Crippen molar-refractivity contribution in [3.63, 3.8) is 0 Å². The summed E-state index contributed by atoms with van der Waals surface area (Å²) in [5, 5.41) is 3.20. The largest absolute Gasteiger partial charge is 0.316 e. The molecule has 0 aromatic heterocycles. The summed E-state index contributed by atoms with van der Waals surface area (Å²) in [5.74, 6) is -1.08. The van der Waals surface area contributed by atoms with Gasteiger partial charge in [-0.3, -0.25) is 0 Å². The van der Waals surface area contributed by atoms with Crippen LogP contribution in [-0.2, 0) is 0 Å². The van der Waals surface area contributed by atoms with E-state index in [1.807, 2.05) is 14.1 Å². The fraction of sp³-hybridized carbons (Fsp3) is 0.500. The summed E-state index contributed by atoms with van der Waals surface area (Å²) < 4.78 is 26.0. The number of rotatable bonds is 3. The molecular formula is C12H16F2N2. The zero-order valence-electron chi connectivity index (χ0n) is 9.50. The molecule has 0 radical (unpaired) electrons. The average molecular weight is 226 g/mol. The molecule has 1 unspecified atom stereocenters. The topological polar surface area (TPSA) is 15.3 Å². The minimum atomic E-state index is -0.784. The molecule has 1 fully saturated rings. The van der Waals surface area contributed by atoms with Crippen LogP contribution in [0.2, 0.25) is 0 Å². The first-order valence-corrected chi connectivity index (χ1v) is 5.41. The summed E-state index contributed by atoms with van der Waals surface area (Å²) >= 11 is 0. The van der Waals surface area contributed by atoms with Crippen LogP contribution in [-0.4, -0.2) is 32.1 Å². The second-order valence-corrected chi connectivity index (χ2v) is 4.50. The Bertz CT molecular complexity index is 375. The van der Waals surface area contributed by atoms with Crippen LogP contribution >= 0.6 is 0 Å². The maximum absolute atomic E-state index is 13.2. The number of nitrogens with zero attached hydrogens (tertiary/aromatic N) is 1. The lowest BCUT2D eigenvalue weighted by molar-refractivity contribution is 0.160. The number of hydrogen-bond acceptors (Lipinski definition) is 2. The standard InChI is InChI=1S/C12H16F2N2/c1-16(2)12(9-6-15-7-9)8-3-4-10(13)11(14)5-8/h3-5,9,12,15H,6-7H2,1-2H3. The van der Waals surface area contributed by atoms with Crippen LogP contribution in [0.4, 0.5) is 8.78 Å². The smallest absolute Gasteiger partial charge is 0.159 e. The van der Waals surface area contributed by atoms with Crippen molar-refractivity contribution in [3.05, 3.63) is 35.4 Å². The molecule has 1 aliphatic rings. The Morgan fingerprint density at radius 2 is 1.94 bits per heavy atom. The predicted octanol–water partition coefficient (Wildman–Crippen LogP) is 1.79. The highest BCUT2D eigenvalue weighted by Crippen LogP contribution is 2.30. The highest BCUT2D eigenvalue weighted by atomic mass is 19.2. The van der Waals surface area contributed by atoms with E-state index in [2.05, 4.69) is 10.2 Å². The van der Waals surface area contributed by atoms with Crippen LogP contribution in [0.3, 0.4) is 0 Å². The number of halogens is 2. The SMILES string of the molecule is CN(C)C(c1ccc(F)c(F)c1)C1CNC1. The van der Waals surface area contributed by atoms with E-state index in [0.29, 0.717) is 5.92 Å². The monoisotopic (exact) mass is 226 g/mol. The number of hydrogen-bond donors (Lipinski definition) is 1. The van der Waals surface area contributed by atoms with Crippen LogP contribution in [0, 0.1) is 17.6 Å². The van der Waals surface area contributed by atoms with Gasteiger partial charge < -0.3 is 10.2 Å². The van der Waals surface area contributed by atoms with E-state index in [4.69, 9.17) is 0 Å². The van der Waals surface area contributed by atoms with Crippen molar-refractivity contribution in [3.8, 4) is 0 Å². The van der Waals surface area contributed by atoms with E-state index in [0.717, 1.165) is 18.7 Å². The third kappa shape index (κ3) is 2.08. The van der Waals surface area contributed by atoms with Gasteiger partial charge in [0.25, 0.3) is 0 Å². The molecule has 1 aromatic carbocycles. The second-order valence-electron chi connectivity index (χ2n) is 4.50. The van der Waals surface area contributed by atoms with Crippen molar-refractivity contribution in [2.45, 2.75) is 6.04 Å². The molecule has 1 aliphatic heterocycles. The molecular weight excluding hydrogens is 210 g/mol. The fourth-order valence-corrected chi connectivity index (χ4v) is 2.22. The zero-order chi connectivity index (χ0) is 11.7. The Hall–Kier alpha value is -1.00. The maximum atomic E-state index is 13.2. The van der Waals surface area contributed by atoms with Crippen LogP contribution in [0.5, 0.6) is 0 Å². The quantitative estimate of drug-likeness (QED) is 0.845. The Balaban J connectivity index is 2.27. The van der Waals surface area contributed by atoms with E-state index in [-0.39, 0.29) is 6.04 Å². The average Bonchev–Trinajstić information content (AvgIpc) is 2.15. The second kappa shape index (κ2) is 4.47. The van der Waals surface area contributed by atoms with Crippen molar-refractivity contribution in [1.82, 2.24) is 10.2 Å². The van der Waals surface area contributed by atoms with Crippen molar-refractivity contribution in [1.29, 1.82) is 0 Å². The summed E-state index contributed by atoms with van der Waals surface area (Å²) in [7, 11) is 3.93. The molecule has 88 valence electrons. The molecule has 0 spiro atoms. The van der Waals surface area contributed by atoms with E-state index in [9.17, 15) is 8.78 Å². The van der Waals surface area contributed by atoms with Crippen LogP contribution in [0.15, 0.2) is 18.2 Å². The van der Waals surface area contributed by atoms with E-state index >= 15 is 0 Å². The number of nitrogens with one attached hydrogen (secondary N) is 1. The first kappa shape index (κ1) is 11.5. The lowest BCUT2D eigenvalue weighted by Gasteiger charge is -2.38. The van der Waals surface area contributed by atoms with Crippen LogP contribution < -0.4 is 5.32 Å². The first-order chi connectivity index (χ1) is 7.59. The molecule has 1 atom stereocenters. The summed E-state index contributed by atoms with van der Waals surface area (Å²) in [5.41, 5.74) is 0.843. The van der Waals surface area contributed by atoms with Gasteiger partial charge in [0.05, 0.1) is 0 Å². The lowest BCUT2D eigenvalue weighted by Crippen LogP contribution is -2.48. The third-order valence-corrected chi connectivity index (χ3v) is 3.10. The van der Waals surface area contributed by atoms with Crippen molar-refractivity contribution in [2.75, 3.05) is 27.2 Å². The zero-order valence-corrected chi connectivity index (χ0v) is 9.50. The van der Waals surface area contributed by atoms with Crippen LogP contribution in [0.1, 0.15) is 11.6 Å². The summed E-state index contributed by atoms with van der Waals surface area (Å²) in [6.45, 7) is 1.86. The molecule has 2 rings (SSSR count). The lowest BCUT2D eigenvalue weighted by atomic mass is 9.87. The maximum Gasteiger partial charge on any atom is 0.159 e. The summed E-state index contributed by atoms with van der Waals surface area (Å²) in [6.07, 6.45) is 0. The molecule has 1 heterocycles. The van der Waals surface area contributed by atoms with Crippen molar-refractivity contribution < 1.29 is 8.78 Å². The Morgan fingerprint density at radius 1 is 1.25 bits per heavy atom. The van der Waals surface area contributed by atoms with Gasteiger partial charge in [-0.25, -0.2) is 8.78 Å². The highest BCUT2D eigenvalue weighted by Gasteiger charge is 2.30. The van der Waals surface area contributed by atoms with Gasteiger partial charge in [-0.05, 0) is 31.8 Å². The molecule has 0 bridgehead atoms. The van der Waals surface area contributed by atoms with Crippen molar-refractivity contribution in [2.24, 2.45) is 5.92 Å². The minimum absolute atomic E-state index is 0.149. The Labute approximate surface area is 94.3 Å². The van der Waals surface area contributed by atoms with Gasteiger partial charge in [-0.15, -0.1) is 0 Å². The molecule has 4 heteroatoms. The minimum Gasteiger partial charge on any atom is -0.316 e. The van der Waals surface area contributed by atoms with Gasteiger partial charge in [0.1, 0.15) is 0 Å². The Kier molecular flexibility index (Phi) is 3.21. The van der Waals surface area contributed by atoms with Crippen LogP contribution in [0.25, 0.3) is 0 Å². The van der Waals surface area contributed by atoms with Crippen molar-refractivity contribution >= 4 is 0 Å². The molecule has 2 nitrogen and oxygen atoms in total. The van der Waals surface area contributed by atoms with Gasteiger partial charge in [0.15, 0.2) is 11.6 Å². The molecule has 1 aromatic rings. The molecule has 16 heavy (non-hydrogen) atoms. The van der Waals surface area contributed by atoms with E-state index in [1.54, 1.807) is 6.07 Å². The summed E-state index contributed by atoms with van der Waals surface area (Å²) in [4.78, 5) is 2.05.